The Labute approximate surface area is 336 Å². The zero-order valence-corrected chi connectivity index (χ0v) is 31.8. The number of rotatable bonds is 4. The van der Waals surface area contributed by atoms with Crippen LogP contribution in [0.15, 0.2) is 0 Å². The second-order valence-electron chi connectivity index (χ2n) is 17.5. The number of carbonyl (C=O) groups is 4. The summed E-state index contributed by atoms with van der Waals surface area (Å²) in [6.07, 6.45) is 10.5. The minimum Gasteiger partial charge on any atom is -0.550 e. The molecule has 8 bridgehead atoms. The van der Waals surface area contributed by atoms with E-state index in [-0.39, 0.29) is 94.8 Å². The molecule has 5 aliphatic heterocycles. The average Bonchev–Trinajstić information content (AvgIpc) is 3.86. The molecule has 54 heavy (non-hydrogen) atoms. The van der Waals surface area contributed by atoms with Crippen LogP contribution in [0, 0.1) is 71.0 Å². The van der Waals surface area contributed by atoms with Crippen LogP contribution >= 0.6 is 0 Å². The van der Waals surface area contributed by atoms with Crippen molar-refractivity contribution in [3.8, 4) is 0 Å². The first-order valence-electron chi connectivity index (χ1n) is 20.0. The van der Waals surface area contributed by atoms with Crippen LogP contribution in [0.2, 0.25) is 0 Å². The Morgan fingerprint density at radius 1 is 0.315 bits per heavy atom. The molecule has 4 aliphatic carbocycles. The molecule has 2 radical (unpaired) electrons. The van der Waals surface area contributed by atoms with Gasteiger partial charge in [0.05, 0.1) is 49.3 Å². The van der Waals surface area contributed by atoms with Crippen LogP contribution in [0.4, 0.5) is 0 Å². The summed E-state index contributed by atoms with van der Waals surface area (Å²) in [5.41, 5.74) is 0. The van der Waals surface area contributed by atoms with Gasteiger partial charge in [0.1, 0.15) is 0 Å². The van der Waals surface area contributed by atoms with Gasteiger partial charge in [0, 0.05) is 59.4 Å². The predicted octanol–water partition coefficient (Wildman–Crippen LogP) is -5.50. The van der Waals surface area contributed by atoms with Crippen LogP contribution in [0.1, 0.15) is 77.0 Å². The number of hydrogen-bond donors (Lipinski definition) is 8. The quantitative estimate of drug-likeness (QED) is 0.123. The van der Waals surface area contributed by atoms with Crippen molar-refractivity contribution in [1.82, 2.24) is 42.5 Å². The number of aliphatic carboxylic acids is 4. The van der Waals surface area contributed by atoms with E-state index < -0.39 is 71.7 Å². The van der Waals surface area contributed by atoms with E-state index in [1.165, 1.54) is 12.8 Å². The molecule has 0 aromatic carbocycles. The van der Waals surface area contributed by atoms with Crippen LogP contribution in [0.25, 0.3) is 0 Å². The molecule has 8 N–H and O–H groups in total. The molecule has 20 unspecified atom stereocenters. The van der Waals surface area contributed by atoms with Gasteiger partial charge in [0.15, 0.2) is 0 Å². The Kier molecular flexibility index (Phi) is 12.2. The van der Waals surface area contributed by atoms with E-state index >= 15 is 0 Å². The molecule has 18 heteroatoms. The van der Waals surface area contributed by atoms with Gasteiger partial charge < -0.3 is 39.6 Å². The van der Waals surface area contributed by atoms with E-state index in [0.717, 1.165) is 64.2 Å². The fourth-order valence-corrected chi connectivity index (χ4v) is 13.4. The number of carboxylic acids is 4. The summed E-state index contributed by atoms with van der Waals surface area (Å²) in [5.74, 6) is -16.1. The summed E-state index contributed by atoms with van der Waals surface area (Å²) in [7, 11) is 0. The summed E-state index contributed by atoms with van der Waals surface area (Å²) < 4.78 is 0. The van der Waals surface area contributed by atoms with E-state index in [9.17, 15) is 39.6 Å². The Balaban J connectivity index is 0.00000225. The Morgan fingerprint density at radius 2 is 0.500 bits per heavy atom. The molecular formula is C36H52Cu2N8O8. The molecule has 0 amide bonds. The Morgan fingerprint density at radius 3 is 0.704 bits per heavy atom. The number of hydrogen-bond acceptors (Lipinski definition) is 16. The zero-order chi connectivity index (χ0) is 36.0. The van der Waals surface area contributed by atoms with Crippen molar-refractivity contribution in [2.24, 2.45) is 71.0 Å². The minimum atomic E-state index is -2.20. The normalized spacial score (nSPS) is 50.5. The van der Waals surface area contributed by atoms with Gasteiger partial charge in [0.2, 0.25) is 0 Å². The molecule has 20 atom stereocenters. The number of nitrogens with one attached hydrogen (secondary N) is 8. The first-order valence-corrected chi connectivity index (χ1v) is 20.0. The van der Waals surface area contributed by atoms with Crippen molar-refractivity contribution in [2.75, 3.05) is 0 Å². The number of fused-ring (bicyclic) bond motifs is 20. The maximum Gasteiger partial charge on any atom is 2.00 e. The summed E-state index contributed by atoms with van der Waals surface area (Å²) in [5, 5.41) is 81.6. The van der Waals surface area contributed by atoms with Crippen LogP contribution in [0.5, 0.6) is 0 Å². The van der Waals surface area contributed by atoms with Gasteiger partial charge in [0.25, 0.3) is 0 Å². The van der Waals surface area contributed by atoms with Crippen molar-refractivity contribution < 1.29 is 73.7 Å². The van der Waals surface area contributed by atoms with Crippen LogP contribution in [-0.4, -0.2) is 73.2 Å². The molecule has 16 nitrogen and oxygen atoms in total. The van der Waals surface area contributed by atoms with E-state index in [1.807, 2.05) is 0 Å². The average molecular weight is 852 g/mol. The summed E-state index contributed by atoms with van der Waals surface area (Å²) >= 11 is 0. The van der Waals surface area contributed by atoms with Gasteiger partial charge in [-0.2, -0.15) is 0 Å². The number of carboxylic acid groups (broad SMARTS) is 4. The fraction of sp³-hybridized carbons (Fsp3) is 0.889. The molecule has 306 valence electrons. The second kappa shape index (κ2) is 16.1. The smallest absolute Gasteiger partial charge is 0.550 e. The van der Waals surface area contributed by atoms with Crippen molar-refractivity contribution in [3.63, 3.8) is 0 Å². The summed E-state index contributed by atoms with van der Waals surface area (Å²) in [6.45, 7) is 0. The van der Waals surface area contributed by atoms with E-state index in [0.29, 0.717) is 11.8 Å². The first kappa shape index (κ1) is 40.8. The van der Waals surface area contributed by atoms with E-state index in [1.54, 1.807) is 0 Å². The molecule has 9 aliphatic rings. The molecule has 0 aromatic heterocycles. The molecule has 5 heterocycles. The third kappa shape index (κ3) is 6.77. The summed E-state index contributed by atoms with van der Waals surface area (Å²) in [6, 6.07) is 0. The topological polar surface area (TPSA) is 257 Å². The van der Waals surface area contributed by atoms with Gasteiger partial charge in [-0.1, -0.05) is 38.5 Å². The minimum absolute atomic E-state index is 0. The third-order valence-corrected chi connectivity index (χ3v) is 15.4. The molecular weight excluding hydrogens is 800 g/mol. The Bertz CT molecular complexity index is 1350. The Hall–Kier alpha value is -1.40. The molecule has 9 rings (SSSR count). The zero-order valence-electron chi connectivity index (χ0n) is 29.9. The van der Waals surface area contributed by atoms with Crippen molar-refractivity contribution >= 4 is 23.9 Å². The van der Waals surface area contributed by atoms with Crippen LogP contribution in [-0.2, 0) is 53.3 Å². The van der Waals surface area contributed by atoms with Gasteiger partial charge >= 0.3 is 34.1 Å². The largest absolute Gasteiger partial charge is 2.00 e. The standard InChI is InChI=1S/C36H56N8O8.2Cu/c45-33(46)21-19-20(22(34(47)48)24(36(51)52)23(21)35(49)50)32-43-30-18-12-6-4-10-16(18)28(41-30)39-26-14-8-2-1-7-13(14)25(37-26)38-27-15-9-3-5-11-17(15)29(40-27)42-31(19)44-32;;/h13-32,37-44H,1-12H2,(H,45,46)(H,47,48)(H,49,50)(H,51,52);;/q;2*+2/p-4. The third-order valence-electron chi connectivity index (χ3n) is 15.4. The maximum absolute atomic E-state index is 13.0. The van der Waals surface area contributed by atoms with Gasteiger partial charge in [-0.3, -0.25) is 42.5 Å². The first-order chi connectivity index (χ1) is 25.1. The molecule has 4 saturated carbocycles. The van der Waals surface area contributed by atoms with Gasteiger partial charge in [-0.25, -0.2) is 0 Å². The molecule has 0 spiro atoms. The van der Waals surface area contributed by atoms with E-state index in [4.69, 9.17) is 0 Å². The van der Waals surface area contributed by atoms with E-state index in [2.05, 4.69) is 42.5 Å². The SMILES string of the molecule is O=C([O-])C1C(C(=O)[O-])C(C(=O)[O-])C2C3NC4NC(NC5NC(NC6NC(NC(N3)C2C1C(=O)[O-])C1CCCCC61)C1CCCCC51)C1CCCCC41.[Cu+2].[Cu+2]. The van der Waals surface area contributed by atoms with Crippen molar-refractivity contribution in [1.29, 1.82) is 0 Å². The van der Waals surface area contributed by atoms with Crippen LogP contribution < -0.4 is 63.0 Å². The molecule has 9 fully saturated rings. The van der Waals surface area contributed by atoms with Crippen molar-refractivity contribution in [3.05, 3.63) is 0 Å². The van der Waals surface area contributed by atoms with Crippen molar-refractivity contribution in [2.45, 2.75) is 126 Å². The number of carbonyl (C=O) groups excluding carboxylic acids is 4. The van der Waals surface area contributed by atoms with Gasteiger partial charge in [-0.05, 0) is 74.0 Å². The second-order valence-corrected chi connectivity index (χ2v) is 17.5. The molecule has 0 aromatic rings. The maximum atomic E-state index is 13.0. The van der Waals surface area contributed by atoms with Crippen LogP contribution in [0.3, 0.4) is 0 Å². The van der Waals surface area contributed by atoms with Gasteiger partial charge in [-0.15, -0.1) is 0 Å². The monoisotopic (exact) mass is 850 g/mol. The summed E-state index contributed by atoms with van der Waals surface area (Å²) in [4.78, 5) is 51.3. The predicted molar refractivity (Wildman–Crippen MR) is 173 cm³/mol. The fourth-order valence-electron chi connectivity index (χ4n) is 13.4. The molecule has 5 saturated heterocycles.